The molecule has 7 heteroatoms. The molecule has 2 rings (SSSR count). The number of pyridine rings is 1. The number of anilines is 1. The molecule has 16 heavy (non-hydrogen) atoms. The third kappa shape index (κ3) is 1.94. The normalized spacial score (nSPS) is 15.2. The Morgan fingerprint density at radius 3 is 2.75 bits per heavy atom. The highest BCUT2D eigenvalue weighted by Crippen LogP contribution is 2.19. The second-order valence-electron chi connectivity index (χ2n) is 3.07. The predicted molar refractivity (Wildman–Crippen MR) is 59.1 cm³/mol. The number of hydrogen-bond acceptors (Lipinski definition) is 4. The van der Waals surface area contributed by atoms with Crippen molar-refractivity contribution in [2.24, 2.45) is 5.10 Å². The Morgan fingerprint density at radius 1 is 1.50 bits per heavy atom. The number of aromatic nitrogens is 1. The second kappa shape index (κ2) is 4.01. The molecule has 0 aliphatic carbocycles. The molecule has 82 valence electrons. The first kappa shape index (κ1) is 10.7. The average Bonchev–Trinajstić information content (AvgIpc) is 2.62. The lowest BCUT2D eigenvalue weighted by atomic mass is 10.3. The van der Waals surface area contributed by atoms with E-state index in [1.165, 1.54) is 6.20 Å². The highest BCUT2D eigenvalue weighted by molar-refractivity contribution is 9.10. The van der Waals surface area contributed by atoms with E-state index in [1.807, 2.05) is 0 Å². The van der Waals surface area contributed by atoms with Gasteiger partial charge in [0, 0.05) is 10.7 Å². The maximum atomic E-state index is 11.5. The number of hydrogen-bond donors (Lipinski definition) is 1. The highest BCUT2D eigenvalue weighted by atomic mass is 79.9. The van der Waals surface area contributed by atoms with Crippen molar-refractivity contribution in [3.63, 3.8) is 0 Å². The number of rotatable bonds is 2. The fourth-order valence-corrected chi connectivity index (χ4v) is 1.46. The number of carbonyl (C=O) groups is 2. The third-order valence-electron chi connectivity index (χ3n) is 1.95. The van der Waals surface area contributed by atoms with Crippen molar-refractivity contribution in [2.45, 2.75) is 6.42 Å². The van der Waals surface area contributed by atoms with E-state index >= 15 is 0 Å². The van der Waals surface area contributed by atoms with Gasteiger partial charge in [0.25, 0.3) is 5.91 Å². The average molecular weight is 284 g/mol. The number of nitrogens with zero attached hydrogens (tertiary/aromatic N) is 3. The first-order valence-corrected chi connectivity index (χ1v) is 5.12. The summed E-state index contributed by atoms with van der Waals surface area (Å²) in [5.74, 6) is -1.27. The molecule has 0 fully saturated rings. The fourth-order valence-electron chi connectivity index (χ4n) is 1.22. The smallest absolute Gasteiger partial charge is 0.352 e. The van der Waals surface area contributed by atoms with Crippen LogP contribution in [0.2, 0.25) is 0 Å². The molecule has 1 amide bonds. The summed E-state index contributed by atoms with van der Waals surface area (Å²) in [6.07, 6.45) is 1.31. The molecule has 1 aliphatic rings. The maximum Gasteiger partial charge on any atom is 0.352 e. The molecule has 0 spiro atoms. The summed E-state index contributed by atoms with van der Waals surface area (Å²) < 4.78 is 0.769. The first-order chi connectivity index (χ1) is 7.58. The zero-order valence-corrected chi connectivity index (χ0v) is 9.51. The summed E-state index contributed by atoms with van der Waals surface area (Å²) in [7, 11) is 0. The van der Waals surface area contributed by atoms with Gasteiger partial charge in [0.2, 0.25) is 0 Å². The van der Waals surface area contributed by atoms with Crippen LogP contribution in [0.4, 0.5) is 5.82 Å². The summed E-state index contributed by atoms with van der Waals surface area (Å²) in [5.41, 5.74) is -0.172. The lowest BCUT2D eigenvalue weighted by Gasteiger charge is -2.09. The SMILES string of the molecule is O=C(O)C1=NN(c2ccc(Br)cn2)C(=O)C1. The second-order valence-corrected chi connectivity index (χ2v) is 3.98. The summed E-state index contributed by atoms with van der Waals surface area (Å²) in [5, 5.41) is 13.4. The van der Waals surface area contributed by atoms with Crippen LogP contribution < -0.4 is 5.01 Å². The molecule has 0 unspecified atom stereocenters. The maximum absolute atomic E-state index is 11.5. The van der Waals surface area contributed by atoms with E-state index in [9.17, 15) is 9.59 Å². The van der Waals surface area contributed by atoms with Crippen molar-refractivity contribution in [1.82, 2.24) is 4.98 Å². The van der Waals surface area contributed by atoms with Crippen LogP contribution in [0, 0.1) is 0 Å². The fraction of sp³-hybridized carbons (Fsp3) is 0.111. The molecule has 0 saturated heterocycles. The molecule has 6 nitrogen and oxygen atoms in total. The van der Waals surface area contributed by atoms with Gasteiger partial charge in [-0.2, -0.15) is 10.1 Å². The van der Waals surface area contributed by atoms with E-state index in [4.69, 9.17) is 5.11 Å². The Balaban J connectivity index is 2.31. The Kier molecular flexibility index (Phi) is 2.69. The van der Waals surface area contributed by atoms with Crippen molar-refractivity contribution in [2.75, 3.05) is 5.01 Å². The molecule has 1 N–H and O–H groups in total. The van der Waals surface area contributed by atoms with Gasteiger partial charge in [-0.05, 0) is 28.1 Å². The molecule has 1 aromatic heterocycles. The standard InChI is InChI=1S/C9H6BrN3O3/c10-5-1-2-7(11-4-5)13-8(14)3-6(12-13)9(15)16/h1-2,4H,3H2,(H,15,16). The highest BCUT2D eigenvalue weighted by Gasteiger charge is 2.29. The molecule has 0 atom stereocenters. The van der Waals surface area contributed by atoms with E-state index in [-0.39, 0.29) is 12.1 Å². The summed E-state index contributed by atoms with van der Waals surface area (Å²) >= 11 is 3.21. The van der Waals surface area contributed by atoms with E-state index in [2.05, 4.69) is 26.0 Å². The van der Waals surface area contributed by atoms with Gasteiger partial charge in [0.15, 0.2) is 11.5 Å². The van der Waals surface area contributed by atoms with Crippen LogP contribution in [0.25, 0.3) is 0 Å². The van der Waals surface area contributed by atoms with Crippen LogP contribution in [0.3, 0.4) is 0 Å². The van der Waals surface area contributed by atoms with E-state index in [0.29, 0.717) is 5.82 Å². The van der Waals surface area contributed by atoms with Gasteiger partial charge in [0.05, 0.1) is 6.42 Å². The molecule has 1 aliphatic heterocycles. The van der Waals surface area contributed by atoms with Crippen molar-refractivity contribution >= 4 is 39.3 Å². The molecule has 0 aromatic carbocycles. The van der Waals surface area contributed by atoms with E-state index in [1.54, 1.807) is 12.1 Å². The monoisotopic (exact) mass is 283 g/mol. The minimum Gasteiger partial charge on any atom is -0.477 e. The lowest BCUT2D eigenvalue weighted by Crippen LogP contribution is -2.20. The molecule has 0 radical (unpaired) electrons. The minimum absolute atomic E-state index is 0.172. The summed E-state index contributed by atoms with van der Waals surface area (Å²) in [6.45, 7) is 0. The van der Waals surface area contributed by atoms with Crippen LogP contribution in [0.5, 0.6) is 0 Å². The number of amides is 1. The van der Waals surface area contributed by atoms with Crippen LogP contribution in [-0.2, 0) is 9.59 Å². The number of hydrazone groups is 1. The number of carboxylic acids is 1. The Morgan fingerprint density at radius 2 is 2.25 bits per heavy atom. The van der Waals surface area contributed by atoms with E-state index in [0.717, 1.165) is 9.48 Å². The number of carbonyl (C=O) groups excluding carboxylic acids is 1. The minimum atomic E-state index is -1.19. The van der Waals surface area contributed by atoms with Gasteiger partial charge < -0.3 is 5.11 Å². The Hall–Kier alpha value is -1.76. The van der Waals surface area contributed by atoms with Crippen molar-refractivity contribution in [3.05, 3.63) is 22.8 Å². The van der Waals surface area contributed by atoms with Crippen molar-refractivity contribution in [1.29, 1.82) is 0 Å². The predicted octanol–water partition coefficient (Wildman–Crippen LogP) is 1.02. The number of halogens is 1. The largest absolute Gasteiger partial charge is 0.477 e. The van der Waals surface area contributed by atoms with Gasteiger partial charge in [-0.25, -0.2) is 9.78 Å². The zero-order chi connectivity index (χ0) is 11.7. The molecular weight excluding hydrogens is 278 g/mol. The van der Waals surface area contributed by atoms with Crippen molar-refractivity contribution < 1.29 is 14.7 Å². The molecule has 2 heterocycles. The van der Waals surface area contributed by atoms with Gasteiger partial charge in [-0.3, -0.25) is 4.79 Å². The quantitative estimate of drug-likeness (QED) is 0.879. The molecular formula is C9H6BrN3O3. The molecule has 1 aromatic rings. The Bertz CT molecular complexity index is 483. The van der Waals surface area contributed by atoms with Crippen LogP contribution in [0.1, 0.15) is 6.42 Å². The van der Waals surface area contributed by atoms with Gasteiger partial charge in [-0.1, -0.05) is 0 Å². The van der Waals surface area contributed by atoms with Gasteiger partial charge in [0.1, 0.15) is 0 Å². The third-order valence-corrected chi connectivity index (χ3v) is 2.42. The van der Waals surface area contributed by atoms with Crippen LogP contribution in [-0.4, -0.2) is 27.7 Å². The molecule has 0 bridgehead atoms. The Labute approximate surface area is 98.7 Å². The van der Waals surface area contributed by atoms with Crippen LogP contribution in [0.15, 0.2) is 27.9 Å². The first-order valence-electron chi connectivity index (χ1n) is 4.33. The van der Waals surface area contributed by atoms with Gasteiger partial charge >= 0.3 is 5.97 Å². The number of aliphatic carboxylic acids is 1. The zero-order valence-electron chi connectivity index (χ0n) is 7.92. The topological polar surface area (TPSA) is 82.9 Å². The summed E-state index contributed by atoms with van der Waals surface area (Å²) in [6, 6.07) is 3.28. The van der Waals surface area contributed by atoms with Crippen molar-refractivity contribution in [3.8, 4) is 0 Å². The molecule has 0 saturated carbocycles. The van der Waals surface area contributed by atoms with Gasteiger partial charge in [-0.15, -0.1) is 0 Å². The van der Waals surface area contributed by atoms with E-state index < -0.39 is 11.9 Å². The van der Waals surface area contributed by atoms with Crippen LogP contribution >= 0.6 is 15.9 Å². The summed E-state index contributed by atoms with van der Waals surface area (Å²) in [4.78, 5) is 26.1. The number of carboxylic acid groups (broad SMARTS) is 1. The lowest BCUT2D eigenvalue weighted by molar-refractivity contribution is -0.129.